The molecule has 2 aromatic rings. The molecule has 2 rings (SSSR count). The van der Waals surface area contributed by atoms with Crippen molar-refractivity contribution in [2.75, 3.05) is 19.5 Å². The lowest BCUT2D eigenvalue weighted by Gasteiger charge is -2.15. The smallest absolute Gasteiger partial charge is 0.150 e. The molecule has 98 valence electrons. The predicted octanol–water partition coefficient (Wildman–Crippen LogP) is 3.26. The molecule has 0 aliphatic heterocycles. The van der Waals surface area contributed by atoms with Crippen molar-refractivity contribution in [2.24, 2.45) is 0 Å². The predicted molar refractivity (Wildman–Crippen MR) is 74.7 cm³/mol. The van der Waals surface area contributed by atoms with Crippen molar-refractivity contribution < 1.29 is 14.3 Å². The van der Waals surface area contributed by atoms with E-state index in [1.807, 2.05) is 30.3 Å². The number of ether oxygens (including phenoxy) is 2. The van der Waals surface area contributed by atoms with E-state index in [1.54, 1.807) is 26.4 Å². The Kier molecular flexibility index (Phi) is 4.03. The van der Waals surface area contributed by atoms with Crippen LogP contribution in [0.4, 0.5) is 11.4 Å². The van der Waals surface area contributed by atoms with Gasteiger partial charge in [-0.05, 0) is 24.3 Å². The minimum absolute atomic E-state index is 0.507. The molecule has 0 heterocycles. The monoisotopic (exact) mass is 257 g/mol. The highest BCUT2D eigenvalue weighted by Crippen LogP contribution is 2.37. The van der Waals surface area contributed by atoms with Crippen molar-refractivity contribution in [2.45, 2.75) is 0 Å². The van der Waals surface area contributed by atoms with Crippen LogP contribution < -0.4 is 14.8 Å². The molecule has 2 aromatic carbocycles. The van der Waals surface area contributed by atoms with E-state index >= 15 is 0 Å². The number of benzene rings is 2. The number of hydrogen-bond donors (Lipinski definition) is 1. The molecule has 0 spiro atoms. The quantitative estimate of drug-likeness (QED) is 0.835. The second-order valence-corrected chi connectivity index (χ2v) is 3.91. The van der Waals surface area contributed by atoms with Crippen LogP contribution in [0.2, 0.25) is 0 Å². The molecule has 1 N–H and O–H groups in total. The lowest BCUT2D eigenvalue weighted by atomic mass is 10.1. The Hall–Kier alpha value is -2.49. The molecule has 0 saturated carbocycles. The second kappa shape index (κ2) is 5.91. The minimum atomic E-state index is 0.507. The van der Waals surface area contributed by atoms with Gasteiger partial charge in [-0.25, -0.2) is 0 Å². The molecule has 0 bridgehead atoms. The minimum Gasteiger partial charge on any atom is -0.494 e. The molecular formula is C15H15NO3. The van der Waals surface area contributed by atoms with Crippen LogP contribution in [-0.2, 0) is 0 Å². The number of carbonyl (C=O) groups excluding carboxylic acids is 1. The second-order valence-electron chi connectivity index (χ2n) is 3.91. The molecule has 4 heteroatoms. The summed E-state index contributed by atoms with van der Waals surface area (Å²) in [5, 5.41) is 3.23. The highest BCUT2D eigenvalue weighted by atomic mass is 16.5. The van der Waals surface area contributed by atoms with Gasteiger partial charge in [-0.15, -0.1) is 0 Å². The summed E-state index contributed by atoms with van der Waals surface area (Å²) in [5.74, 6) is 1.12. The Bertz CT molecular complexity index is 542. The average Bonchev–Trinajstić information content (AvgIpc) is 2.48. The maximum atomic E-state index is 10.9. The van der Waals surface area contributed by atoms with Gasteiger partial charge in [0.15, 0.2) is 0 Å². The Morgan fingerprint density at radius 1 is 1.00 bits per heavy atom. The largest absolute Gasteiger partial charge is 0.494 e. The fraction of sp³-hybridized carbons (Fsp3) is 0.133. The number of carbonyl (C=O) groups is 1. The van der Waals surface area contributed by atoms with E-state index in [4.69, 9.17) is 9.47 Å². The van der Waals surface area contributed by atoms with Crippen LogP contribution in [0.5, 0.6) is 11.5 Å². The van der Waals surface area contributed by atoms with Crippen molar-refractivity contribution in [1.29, 1.82) is 0 Å². The first-order chi connectivity index (χ1) is 9.28. The molecule has 0 unspecified atom stereocenters. The third-order valence-electron chi connectivity index (χ3n) is 2.71. The summed E-state index contributed by atoms with van der Waals surface area (Å²) in [4.78, 5) is 10.9. The number of anilines is 2. The van der Waals surface area contributed by atoms with Gasteiger partial charge in [0.2, 0.25) is 0 Å². The van der Waals surface area contributed by atoms with Crippen molar-refractivity contribution in [1.82, 2.24) is 0 Å². The highest BCUT2D eigenvalue weighted by Gasteiger charge is 2.12. The zero-order valence-electron chi connectivity index (χ0n) is 10.8. The van der Waals surface area contributed by atoms with Gasteiger partial charge in [-0.2, -0.15) is 0 Å². The maximum Gasteiger partial charge on any atom is 0.150 e. The van der Waals surface area contributed by atoms with Gasteiger partial charge in [0.25, 0.3) is 0 Å². The maximum absolute atomic E-state index is 10.9. The summed E-state index contributed by atoms with van der Waals surface area (Å²) < 4.78 is 10.6. The number of nitrogens with one attached hydrogen (secondary N) is 1. The van der Waals surface area contributed by atoms with Crippen LogP contribution in [0.1, 0.15) is 10.4 Å². The molecule has 19 heavy (non-hydrogen) atoms. The number of rotatable bonds is 5. The summed E-state index contributed by atoms with van der Waals surface area (Å²) >= 11 is 0. The van der Waals surface area contributed by atoms with E-state index in [0.717, 1.165) is 12.0 Å². The van der Waals surface area contributed by atoms with Gasteiger partial charge in [0.05, 0.1) is 14.2 Å². The number of methoxy groups -OCH3 is 2. The number of aldehydes is 1. The van der Waals surface area contributed by atoms with E-state index in [1.165, 1.54) is 0 Å². The van der Waals surface area contributed by atoms with E-state index < -0.39 is 0 Å². The zero-order valence-corrected chi connectivity index (χ0v) is 10.8. The lowest BCUT2D eigenvalue weighted by molar-refractivity contribution is 0.112. The Labute approximate surface area is 112 Å². The van der Waals surface area contributed by atoms with Crippen LogP contribution in [-0.4, -0.2) is 20.5 Å². The van der Waals surface area contributed by atoms with Gasteiger partial charge in [0.1, 0.15) is 23.5 Å². The molecule has 0 fully saturated rings. The molecule has 0 atom stereocenters. The van der Waals surface area contributed by atoms with Gasteiger partial charge in [-0.3, -0.25) is 4.79 Å². The van der Waals surface area contributed by atoms with E-state index in [2.05, 4.69) is 5.32 Å². The Morgan fingerprint density at radius 2 is 1.58 bits per heavy atom. The Balaban J connectivity index is 2.45. The molecule has 0 amide bonds. The first kappa shape index (κ1) is 13.0. The highest BCUT2D eigenvalue weighted by molar-refractivity contribution is 5.83. The molecule has 0 aliphatic rings. The topological polar surface area (TPSA) is 47.6 Å². The van der Waals surface area contributed by atoms with Gasteiger partial charge in [0, 0.05) is 11.3 Å². The van der Waals surface area contributed by atoms with Crippen LogP contribution in [0.15, 0.2) is 42.5 Å². The fourth-order valence-corrected chi connectivity index (χ4v) is 1.79. The molecule has 0 radical (unpaired) electrons. The van der Waals surface area contributed by atoms with Gasteiger partial charge < -0.3 is 14.8 Å². The van der Waals surface area contributed by atoms with E-state index in [9.17, 15) is 4.79 Å². The molecule has 4 nitrogen and oxygen atoms in total. The van der Waals surface area contributed by atoms with Crippen LogP contribution >= 0.6 is 0 Å². The molecule has 0 aromatic heterocycles. The van der Waals surface area contributed by atoms with Crippen molar-refractivity contribution in [3.8, 4) is 11.5 Å². The first-order valence-corrected chi connectivity index (χ1v) is 5.81. The molecular weight excluding hydrogens is 242 g/mol. The lowest BCUT2D eigenvalue weighted by Crippen LogP contribution is -1.99. The van der Waals surface area contributed by atoms with Crippen LogP contribution in [0.25, 0.3) is 0 Å². The summed E-state index contributed by atoms with van der Waals surface area (Å²) in [7, 11) is 3.11. The molecule has 0 aliphatic carbocycles. The van der Waals surface area contributed by atoms with Crippen molar-refractivity contribution >= 4 is 17.7 Å². The summed E-state index contributed by atoms with van der Waals surface area (Å²) in [6.07, 6.45) is 0.761. The van der Waals surface area contributed by atoms with Gasteiger partial charge in [-0.1, -0.05) is 18.2 Å². The number of para-hydroxylation sites is 1. The zero-order chi connectivity index (χ0) is 13.7. The SMILES string of the molecule is COc1cc(C=O)cc(OC)c1Nc1ccccc1. The average molecular weight is 257 g/mol. The Morgan fingerprint density at radius 3 is 2.05 bits per heavy atom. The van der Waals surface area contributed by atoms with Crippen LogP contribution in [0.3, 0.4) is 0 Å². The first-order valence-electron chi connectivity index (χ1n) is 5.81. The summed E-state index contributed by atoms with van der Waals surface area (Å²) in [5.41, 5.74) is 2.12. The van der Waals surface area contributed by atoms with E-state index in [-0.39, 0.29) is 0 Å². The van der Waals surface area contributed by atoms with Crippen LogP contribution in [0, 0.1) is 0 Å². The normalized spacial score (nSPS) is 9.79. The van der Waals surface area contributed by atoms with E-state index in [0.29, 0.717) is 22.7 Å². The molecule has 0 saturated heterocycles. The number of hydrogen-bond acceptors (Lipinski definition) is 4. The summed E-state index contributed by atoms with van der Waals surface area (Å²) in [6.45, 7) is 0. The third-order valence-corrected chi connectivity index (χ3v) is 2.71. The standard InChI is InChI=1S/C15H15NO3/c1-18-13-8-11(10-17)9-14(19-2)15(13)16-12-6-4-3-5-7-12/h3-10,16H,1-2H3. The van der Waals surface area contributed by atoms with Gasteiger partial charge >= 0.3 is 0 Å². The van der Waals surface area contributed by atoms with Crippen molar-refractivity contribution in [3.63, 3.8) is 0 Å². The van der Waals surface area contributed by atoms with Crippen molar-refractivity contribution in [3.05, 3.63) is 48.0 Å². The fourth-order valence-electron chi connectivity index (χ4n) is 1.79. The third kappa shape index (κ3) is 2.85. The summed E-state index contributed by atoms with van der Waals surface area (Å²) in [6, 6.07) is 13.0.